The number of nitrogens with zero attached hydrogens (tertiary/aromatic N) is 3. The molecule has 0 unspecified atom stereocenters. The third-order valence-electron chi connectivity index (χ3n) is 3.43. The molecule has 22 heavy (non-hydrogen) atoms. The molecule has 0 atom stereocenters. The van der Waals surface area contributed by atoms with Crippen molar-refractivity contribution < 1.29 is 9.47 Å². The number of methoxy groups -OCH3 is 2. The Morgan fingerprint density at radius 3 is 2.50 bits per heavy atom. The fraction of sp³-hybridized carbons (Fsp3) is 0.250. The Hall–Kier alpha value is -2.34. The van der Waals surface area contributed by atoms with Crippen molar-refractivity contribution in [3.63, 3.8) is 0 Å². The molecule has 0 N–H and O–H groups in total. The maximum Gasteiger partial charge on any atom is 0.140 e. The summed E-state index contributed by atoms with van der Waals surface area (Å²) in [5, 5.41) is 3.11. The Morgan fingerprint density at radius 2 is 1.82 bits per heavy atom. The molecular weight excluding hydrogens is 298 g/mol. The van der Waals surface area contributed by atoms with Gasteiger partial charge in [-0.15, -0.1) is 11.3 Å². The number of fused-ring (bicyclic) bond motifs is 1. The predicted molar refractivity (Wildman–Crippen MR) is 89.1 cm³/mol. The van der Waals surface area contributed by atoms with Crippen LogP contribution in [0.1, 0.15) is 5.56 Å². The van der Waals surface area contributed by atoms with Crippen molar-refractivity contribution in [3.05, 3.63) is 41.5 Å². The van der Waals surface area contributed by atoms with Gasteiger partial charge < -0.3 is 14.4 Å². The van der Waals surface area contributed by atoms with E-state index in [-0.39, 0.29) is 0 Å². The van der Waals surface area contributed by atoms with E-state index in [4.69, 9.17) is 9.47 Å². The molecule has 0 aliphatic heterocycles. The third kappa shape index (κ3) is 2.82. The van der Waals surface area contributed by atoms with E-state index in [9.17, 15) is 0 Å². The lowest BCUT2D eigenvalue weighted by atomic mass is 10.2. The molecule has 0 aliphatic rings. The van der Waals surface area contributed by atoms with Crippen LogP contribution in [-0.2, 0) is 6.54 Å². The highest BCUT2D eigenvalue weighted by atomic mass is 32.1. The first-order valence-electron chi connectivity index (χ1n) is 6.82. The van der Waals surface area contributed by atoms with Crippen molar-refractivity contribution in [2.24, 2.45) is 0 Å². The van der Waals surface area contributed by atoms with Gasteiger partial charge in [-0.2, -0.15) is 0 Å². The number of rotatable bonds is 5. The minimum atomic E-state index is 0.704. The SMILES string of the molecule is COc1cc(CN(C)c2ncnc3sccc23)cc(OC)c1. The molecule has 114 valence electrons. The van der Waals surface area contributed by atoms with E-state index in [0.717, 1.165) is 33.1 Å². The van der Waals surface area contributed by atoms with Crippen molar-refractivity contribution in [1.29, 1.82) is 0 Å². The van der Waals surface area contributed by atoms with E-state index in [1.165, 1.54) is 0 Å². The topological polar surface area (TPSA) is 47.5 Å². The predicted octanol–water partition coefficient (Wildman–Crippen LogP) is 3.34. The van der Waals surface area contributed by atoms with E-state index < -0.39 is 0 Å². The first kappa shape index (κ1) is 14.6. The third-order valence-corrected chi connectivity index (χ3v) is 4.25. The molecule has 0 aliphatic carbocycles. The number of hydrogen-bond donors (Lipinski definition) is 0. The Bertz CT molecular complexity index is 766. The molecule has 6 heteroatoms. The second-order valence-electron chi connectivity index (χ2n) is 4.91. The Labute approximate surface area is 133 Å². The van der Waals surface area contributed by atoms with Gasteiger partial charge in [0.1, 0.15) is 28.5 Å². The summed E-state index contributed by atoms with van der Waals surface area (Å²) in [5.74, 6) is 2.49. The summed E-state index contributed by atoms with van der Waals surface area (Å²) in [6, 6.07) is 7.93. The van der Waals surface area contributed by atoms with E-state index >= 15 is 0 Å². The average Bonchev–Trinajstić information content (AvgIpc) is 3.02. The number of anilines is 1. The highest BCUT2D eigenvalue weighted by molar-refractivity contribution is 7.16. The van der Waals surface area contributed by atoms with E-state index in [1.807, 2.05) is 30.6 Å². The minimum absolute atomic E-state index is 0.704. The van der Waals surface area contributed by atoms with Crippen molar-refractivity contribution >= 4 is 27.4 Å². The zero-order chi connectivity index (χ0) is 15.5. The summed E-state index contributed by atoms with van der Waals surface area (Å²) in [5.41, 5.74) is 1.10. The number of benzene rings is 1. The van der Waals surface area contributed by atoms with Crippen molar-refractivity contribution in [2.45, 2.75) is 6.54 Å². The molecule has 1 aromatic carbocycles. The first-order valence-corrected chi connectivity index (χ1v) is 7.70. The van der Waals surface area contributed by atoms with Gasteiger partial charge in [-0.25, -0.2) is 9.97 Å². The van der Waals surface area contributed by atoms with Crippen LogP contribution in [0.2, 0.25) is 0 Å². The second kappa shape index (κ2) is 6.19. The number of thiophene rings is 1. The monoisotopic (exact) mass is 315 g/mol. The smallest absolute Gasteiger partial charge is 0.140 e. The number of ether oxygens (including phenoxy) is 2. The van der Waals surface area contributed by atoms with E-state index in [0.29, 0.717) is 6.54 Å². The van der Waals surface area contributed by atoms with Gasteiger partial charge in [0.05, 0.1) is 19.6 Å². The molecule has 0 amide bonds. The van der Waals surface area contributed by atoms with Crippen molar-refractivity contribution in [1.82, 2.24) is 9.97 Å². The minimum Gasteiger partial charge on any atom is -0.497 e. The van der Waals surface area contributed by atoms with Crippen LogP contribution < -0.4 is 14.4 Å². The van der Waals surface area contributed by atoms with Crippen LogP contribution in [0.4, 0.5) is 5.82 Å². The van der Waals surface area contributed by atoms with Crippen LogP contribution in [0.25, 0.3) is 10.2 Å². The van der Waals surface area contributed by atoms with Gasteiger partial charge >= 0.3 is 0 Å². The largest absolute Gasteiger partial charge is 0.497 e. The van der Waals surface area contributed by atoms with Crippen LogP contribution in [0.15, 0.2) is 36.0 Å². The first-order chi connectivity index (χ1) is 10.7. The van der Waals surface area contributed by atoms with Crippen LogP contribution in [0.5, 0.6) is 11.5 Å². The number of aromatic nitrogens is 2. The molecule has 5 nitrogen and oxygen atoms in total. The maximum absolute atomic E-state index is 5.32. The van der Waals surface area contributed by atoms with E-state index in [1.54, 1.807) is 31.9 Å². The van der Waals surface area contributed by atoms with Gasteiger partial charge in [0.15, 0.2) is 0 Å². The molecule has 0 saturated carbocycles. The summed E-state index contributed by atoms with van der Waals surface area (Å²) in [6.45, 7) is 0.704. The number of hydrogen-bond acceptors (Lipinski definition) is 6. The van der Waals surface area contributed by atoms with Gasteiger partial charge in [0.2, 0.25) is 0 Å². The quantitative estimate of drug-likeness (QED) is 0.722. The molecule has 0 spiro atoms. The second-order valence-corrected chi connectivity index (χ2v) is 5.81. The van der Waals surface area contributed by atoms with Crippen molar-refractivity contribution in [2.75, 3.05) is 26.2 Å². The molecule has 3 rings (SSSR count). The van der Waals surface area contributed by atoms with Crippen LogP contribution in [0, 0.1) is 0 Å². The molecular formula is C16H17N3O2S. The summed E-state index contributed by atoms with van der Waals surface area (Å²) in [7, 11) is 5.33. The molecule has 0 fully saturated rings. The van der Waals surface area contributed by atoms with Gasteiger partial charge in [0.25, 0.3) is 0 Å². The highest BCUT2D eigenvalue weighted by Crippen LogP contribution is 2.28. The summed E-state index contributed by atoms with van der Waals surface area (Å²) in [4.78, 5) is 11.8. The van der Waals surface area contributed by atoms with Gasteiger partial charge in [-0.3, -0.25) is 0 Å². The molecule has 3 aromatic rings. The normalized spacial score (nSPS) is 10.7. The summed E-state index contributed by atoms with van der Waals surface area (Å²) >= 11 is 1.62. The van der Waals surface area contributed by atoms with Gasteiger partial charge in [-0.1, -0.05) is 0 Å². The Kier molecular flexibility index (Phi) is 4.11. The molecule has 0 saturated heterocycles. The van der Waals surface area contributed by atoms with Crippen LogP contribution in [-0.4, -0.2) is 31.2 Å². The molecule has 2 heterocycles. The molecule has 0 radical (unpaired) electrons. The Balaban J connectivity index is 1.91. The van der Waals surface area contributed by atoms with Gasteiger partial charge in [0, 0.05) is 19.7 Å². The lowest BCUT2D eigenvalue weighted by Crippen LogP contribution is -2.18. The average molecular weight is 315 g/mol. The zero-order valence-electron chi connectivity index (χ0n) is 12.7. The Morgan fingerprint density at radius 1 is 1.09 bits per heavy atom. The van der Waals surface area contributed by atoms with Crippen LogP contribution in [0.3, 0.4) is 0 Å². The molecule has 2 aromatic heterocycles. The zero-order valence-corrected chi connectivity index (χ0v) is 13.6. The molecule has 0 bridgehead atoms. The lowest BCUT2D eigenvalue weighted by Gasteiger charge is -2.19. The fourth-order valence-electron chi connectivity index (χ4n) is 2.39. The fourth-order valence-corrected chi connectivity index (χ4v) is 3.11. The maximum atomic E-state index is 5.32. The van der Waals surface area contributed by atoms with E-state index in [2.05, 4.69) is 20.9 Å². The summed E-state index contributed by atoms with van der Waals surface area (Å²) in [6.07, 6.45) is 1.61. The summed E-state index contributed by atoms with van der Waals surface area (Å²) < 4.78 is 10.6. The lowest BCUT2D eigenvalue weighted by molar-refractivity contribution is 0.393. The van der Waals surface area contributed by atoms with Gasteiger partial charge in [-0.05, 0) is 29.1 Å². The van der Waals surface area contributed by atoms with Crippen LogP contribution >= 0.6 is 11.3 Å². The highest BCUT2D eigenvalue weighted by Gasteiger charge is 2.11. The standard InChI is InChI=1S/C16H17N3O2S/c1-19(15-14-4-5-22-16(14)18-10-17-15)9-11-6-12(20-2)8-13(7-11)21-3/h4-8,10H,9H2,1-3H3. The van der Waals surface area contributed by atoms with Crippen molar-refractivity contribution in [3.8, 4) is 11.5 Å².